The second-order valence-corrected chi connectivity index (χ2v) is 7.43. The molecule has 2 aromatic carbocycles. The molecule has 7 nitrogen and oxygen atoms in total. The van der Waals surface area contributed by atoms with E-state index in [0.717, 1.165) is 44.8 Å². The van der Waals surface area contributed by atoms with Crippen molar-refractivity contribution in [1.29, 1.82) is 0 Å². The van der Waals surface area contributed by atoms with Crippen molar-refractivity contribution in [3.63, 3.8) is 0 Å². The highest BCUT2D eigenvalue weighted by Crippen LogP contribution is 2.28. The van der Waals surface area contributed by atoms with Crippen LogP contribution in [0.15, 0.2) is 54.9 Å². The number of aromatic nitrogens is 3. The van der Waals surface area contributed by atoms with E-state index < -0.39 is 0 Å². The first kappa shape index (κ1) is 20.7. The van der Waals surface area contributed by atoms with Gasteiger partial charge in [-0.3, -0.25) is 10.1 Å². The molecule has 0 saturated heterocycles. The van der Waals surface area contributed by atoms with Gasteiger partial charge in [0.1, 0.15) is 23.9 Å². The van der Waals surface area contributed by atoms with Gasteiger partial charge in [-0.05, 0) is 48.7 Å². The third kappa shape index (κ3) is 4.62. The van der Waals surface area contributed by atoms with Gasteiger partial charge in [0, 0.05) is 29.3 Å². The van der Waals surface area contributed by atoms with E-state index in [9.17, 15) is 0 Å². The van der Waals surface area contributed by atoms with Crippen LogP contribution in [0.5, 0.6) is 17.2 Å². The molecule has 0 saturated carbocycles. The fourth-order valence-electron chi connectivity index (χ4n) is 3.55. The lowest BCUT2D eigenvalue weighted by Crippen LogP contribution is -2.30. The lowest BCUT2D eigenvalue weighted by molar-refractivity contribution is 0.285. The van der Waals surface area contributed by atoms with Crippen LogP contribution >= 0.6 is 0 Å². The Balaban J connectivity index is 1.43. The zero-order valence-electron chi connectivity index (χ0n) is 17.9. The third-order valence-corrected chi connectivity index (χ3v) is 5.24. The predicted molar refractivity (Wildman–Crippen MR) is 121 cm³/mol. The summed E-state index contributed by atoms with van der Waals surface area (Å²) in [5.41, 5.74) is 11.4. The standard InChI is InChI=1S/C24H26N4O3/c1-15-22-10-16(5-7-23(22)28-27-15)18-9-21(13-26-12-18)31-14-19(25)8-17-4-6-20(29-2)11-24(17)30-3/h4-7,9-13,19H,8,14,25H2,1-3H3,(H,27,28)/t19-/m0/s1. The van der Waals surface area contributed by atoms with Crippen LogP contribution in [0, 0.1) is 6.92 Å². The lowest BCUT2D eigenvalue weighted by Gasteiger charge is -2.16. The molecule has 0 aliphatic heterocycles. The Morgan fingerprint density at radius 1 is 0.968 bits per heavy atom. The number of aryl methyl sites for hydroxylation is 1. The van der Waals surface area contributed by atoms with Gasteiger partial charge in [0.05, 0.1) is 31.6 Å². The molecule has 2 aromatic heterocycles. The monoisotopic (exact) mass is 418 g/mol. The number of nitrogens with two attached hydrogens (primary N) is 1. The Morgan fingerprint density at radius 3 is 2.65 bits per heavy atom. The maximum atomic E-state index is 6.32. The minimum Gasteiger partial charge on any atom is -0.497 e. The van der Waals surface area contributed by atoms with Crippen molar-refractivity contribution < 1.29 is 14.2 Å². The van der Waals surface area contributed by atoms with Crippen molar-refractivity contribution in [2.75, 3.05) is 20.8 Å². The van der Waals surface area contributed by atoms with Gasteiger partial charge < -0.3 is 19.9 Å². The van der Waals surface area contributed by atoms with Crippen LogP contribution in [0.2, 0.25) is 0 Å². The van der Waals surface area contributed by atoms with Crippen LogP contribution in [-0.2, 0) is 6.42 Å². The molecule has 0 spiro atoms. The molecule has 0 bridgehead atoms. The number of benzene rings is 2. The Kier molecular flexibility index (Phi) is 6.04. The van der Waals surface area contributed by atoms with E-state index >= 15 is 0 Å². The summed E-state index contributed by atoms with van der Waals surface area (Å²) in [6.45, 7) is 2.35. The van der Waals surface area contributed by atoms with E-state index in [1.165, 1.54) is 0 Å². The smallest absolute Gasteiger partial charge is 0.138 e. The fraction of sp³-hybridized carbons (Fsp3) is 0.250. The van der Waals surface area contributed by atoms with Crippen molar-refractivity contribution in [2.45, 2.75) is 19.4 Å². The molecule has 1 atom stereocenters. The molecule has 4 aromatic rings. The lowest BCUT2D eigenvalue weighted by atomic mass is 10.0. The molecule has 31 heavy (non-hydrogen) atoms. The fourth-order valence-corrected chi connectivity index (χ4v) is 3.55. The number of rotatable bonds is 8. The third-order valence-electron chi connectivity index (χ3n) is 5.24. The molecule has 4 rings (SSSR count). The topological polar surface area (TPSA) is 95.3 Å². The highest BCUT2D eigenvalue weighted by molar-refractivity contribution is 5.86. The molecular weight excluding hydrogens is 392 g/mol. The van der Waals surface area contributed by atoms with Gasteiger partial charge in [-0.15, -0.1) is 0 Å². The zero-order valence-corrected chi connectivity index (χ0v) is 17.9. The normalized spacial score (nSPS) is 12.0. The number of fused-ring (bicyclic) bond motifs is 1. The van der Waals surface area contributed by atoms with Gasteiger partial charge in [0.25, 0.3) is 0 Å². The molecule has 0 fully saturated rings. The van der Waals surface area contributed by atoms with E-state index in [1.807, 2.05) is 49.5 Å². The van der Waals surface area contributed by atoms with E-state index in [4.69, 9.17) is 19.9 Å². The zero-order chi connectivity index (χ0) is 21.8. The summed E-state index contributed by atoms with van der Waals surface area (Å²) < 4.78 is 16.6. The molecule has 0 amide bonds. The number of nitrogens with one attached hydrogen (secondary N) is 1. The Morgan fingerprint density at radius 2 is 1.84 bits per heavy atom. The number of hydrogen-bond donors (Lipinski definition) is 2. The van der Waals surface area contributed by atoms with Gasteiger partial charge >= 0.3 is 0 Å². The minimum atomic E-state index is -0.198. The summed E-state index contributed by atoms with van der Waals surface area (Å²) in [5, 5.41) is 8.38. The van der Waals surface area contributed by atoms with Gasteiger partial charge in [0.2, 0.25) is 0 Å². The quantitative estimate of drug-likeness (QED) is 0.451. The minimum absolute atomic E-state index is 0.198. The molecule has 0 aliphatic rings. The van der Waals surface area contributed by atoms with Crippen molar-refractivity contribution in [3.8, 4) is 28.4 Å². The number of pyridine rings is 1. The van der Waals surface area contributed by atoms with Crippen molar-refractivity contribution in [3.05, 3.63) is 66.1 Å². The Labute approximate surface area is 181 Å². The first-order valence-corrected chi connectivity index (χ1v) is 10.1. The van der Waals surface area contributed by atoms with Crippen LogP contribution < -0.4 is 19.9 Å². The number of methoxy groups -OCH3 is 2. The molecular formula is C24H26N4O3. The molecule has 7 heteroatoms. The van der Waals surface area contributed by atoms with Crippen LogP contribution in [-0.4, -0.2) is 42.0 Å². The average molecular weight is 418 g/mol. The molecule has 0 unspecified atom stereocenters. The number of ether oxygens (including phenoxy) is 3. The SMILES string of the molecule is COc1ccc(C[C@H](N)COc2cncc(-c3ccc4[nH]nc(C)c4c3)c2)c(OC)c1. The van der Waals surface area contributed by atoms with Crippen LogP contribution in [0.3, 0.4) is 0 Å². The van der Waals surface area contributed by atoms with Crippen molar-refractivity contribution in [2.24, 2.45) is 5.73 Å². The molecule has 3 N–H and O–H groups in total. The van der Waals surface area contributed by atoms with E-state index in [2.05, 4.69) is 21.2 Å². The van der Waals surface area contributed by atoms with Crippen LogP contribution in [0.25, 0.3) is 22.0 Å². The summed E-state index contributed by atoms with van der Waals surface area (Å²) in [4.78, 5) is 4.34. The first-order chi connectivity index (χ1) is 15.1. The Bertz CT molecular complexity index is 1190. The number of H-pyrrole nitrogens is 1. The van der Waals surface area contributed by atoms with Crippen molar-refractivity contribution >= 4 is 10.9 Å². The summed E-state index contributed by atoms with van der Waals surface area (Å²) in [5.74, 6) is 2.18. The van der Waals surface area contributed by atoms with Gasteiger partial charge in [-0.25, -0.2) is 0 Å². The van der Waals surface area contributed by atoms with Crippen LogP contribution in [0.1, 0.15) is 11.3 Å². The predicted octanol–water partition coefficient (Wildman–Crippen LogP) is 3.90. The largest absolute Gasteiger partial charge is 0.497 e. The van der Waals surface area contributed by atoms with Gasteiger partial charge in [-0.1, -0.05) is 12.1 Å². The average Bonchev–Trinajstić information content (AvgIpc) is 3.18. The molecule has 0 radical (unpaired) electrons. The van der Waals surface area contributed by atoms with Gasteiger partial charge in [0.15, 0.2) is 0 Å². The highest BCUT2D eigenvalue weighted by Gasteiger charge is 2.12. The first-order valence-electron chi connectivity index (χ1n) is 10.1. The molecule has 2 heterocycles. The number of hydrogen-bond acceptors (Lipinski definition) is 6. The number of nitrogens with zero attached hydrogens (tertiary/aromatic N) is 2. The van der Waals surface area contributed by atoms with Crippen molar-refractivity contribution in [1.82, 2.24) is 15.2 Å². The molecule has 0 aliphatic carbocycles. The maximum Gasteiger partial charge on any atom is 0.138 e. The van der Waals surface area contributed by atoms with Crippen LogP contribution in [0.4, 0.5) is 0 Å². The highest BCUT2D eigenvalue weighted by atomic mass is 16.5. The number of aromatic amines is 1. The Hall–Kier alpha value is -3.58. The summed E-state index contributed by atoms with van der Waals surface area (Å²) in [6.07, 6.45) is 4.15. The second kappa shape index (κ2) is 9.06. The summed E-state index contributed by atoms with van der Waals surface area (Å²) in [7, 11) is 3.27. The van der Waals surface area contributed by atoms with Gasteiger partial charge in [-0.2, -0.15) is 5.10 Å². The molecule has 160 valence electrons. The van der Waals surface area contributed by atoms with E-state index in [0.29, 0.717) is 18.8 Å². The second-order valence-electron chi connectivity index (χ2n) is 7.43. The summed E-state index contributed by atoms with van der Waals surface area (Å²) in [6, 6.07) is 13.7. The maximum absolute atomic E-state index is 6.32. The van der Waals surface area contributed by atoms with E-state index in [-0.39, 0.29) is 6.04 Å². The summed E-state index contributed by atoms with van der Waals surface area (Å²) >= 11 is 0. The van der Waals surface area contributed by atoms with E-state index in [1.54, 1.807) is 20.4 Å².